The number of primary sulfonamides is 1. The normalized spacial score (nSPS) is 11.4. The second kappa shape index (κ2) is 5.51. The summed E-state index contributed by atoms with van der Waals surface area (Å²) >= 11 is 1.09. The van der Waals surface area contributed by atoms with Crippen LogP contribution in [0, 0.1) is 0 Å². The maximum absolute atomic E-state index is 12.1. The van der Waals surface area contributed by atoms with Crippen LogP contribution in [-0.4, -0.2) is 28.0 Å². The van der Waals surface area contributed by atoms with Crippen molar-refractivity contribution in [1.29, 1.82) is 0 Å². The number of methoxy groups -OCH3 is 1. The quantitative estimate of drug-likeness (QED) is 0.817. The second-order valence-electron chi connectivity index (χ2n) is 2.87. The summed E-state index contributed by atoms with van der Waals surface area (Å²) in [5.74, 6) is 0.349. The Morgan fingerprint density at radius 3 is 2.69 bits per heavy atom. The summed E-state index contributed by atoms with van der Waals surface area (Å²) in [6, 6.07) is 4.70. The van der Waals surface area contributed by atoms with E-state index in [1.807, 2.05) is 0 Å². The van der Waals surface area contributed by atoms with Gasteiger partial charge in [-0.2, -0.15) is 0 Å². The van der Waals surface area contributed by atoms with Gasteiger partial charge in [-0.25, -0.2) is 13.6 Å². The number of hydrogen-bond acceptors (Lipinski definition) is 4. The van der Waals surface area contributed by atoms with Gasteiger partial charge in [0.25, 0.3) is 0 Å². The van der Waals surface area contributed by atoms with Crippen molar-refractivity contribution in [3.63, 3.8) is 0 Å². The molecule has 1 aromatic carbocycles. The molecule has 0 aliphatic heterocycles. The van der Waals surface area contributed by atoms with Crippen LogP contribution < -0.4 is 9.88 Å². The van der Waals surface area contributed by atoms with Gasteiger partial charge < -0.3 is 4.74 Å². The topological polar surface area (TPSA) is 69.4 Å². The van der Waals surface area contributed by atoms with Crippen molar-refractivity contribution >= 4 is 21.8 Å². The minimum atomic E-state index is -3.87. The Bertz CT molecular complexity index is 462. The lowest BCUT2D eigenvalue weighted by Gasteiger charge is -2.10. The van der Waals surface area contributed by atoms with Gasteiger partial charge in [0.15, 0.2) is 0 Å². The first-order valence-corrected chi connectivity index (χ1v) is 6.92. The Labute approximate surface area is 98.0 Å². The molecule has 16 heavy (non-hydrogen) atoms. The van der Waals surface area contributed by atoms with Crippen molar-refractivity contribution in [2.45, 2.75) is 9.79 Å². The number of rotatable bonds is 5. The van der Waals surface area contributed by atoms with E-state index in [1.165, 1.54) is 13.2 Å². The van der Waals surface area contributed by atoms with Crippen molar-refractivity contribution in [3.05, 3.63) is 18.2 Å². The summed E-state index contributed by atoms with van der Waals surface area (Å²) in [6.45, 7) is -0.536. The molecule has 2 N–H and O–H groups in total. The van der Waals surface area contributed by atoms with Crippen LogP contribution in [0.3, 0.4) is 0 Å². The third kappa shape index (κ3) is 3.10. The fraction of sp³-hybridized carbons (Fsp3) is 0.333. The van der Waals surface area contributed by atoms with Gasteiger partial charge >= 0.3 is 0 Å². The highest BCUT2D eigenvalue weighted by Gasteiger charge is 2.19. The summed E-state index contributed by atoms with van der Waals surface area (Å²) in [5, 5.41) is 5.09. The lowest BCUT2D eigenvalue weighted by atomic mass is 10.3. The van der Waals surface area contributed by atoms with Crippen LogP contribution in [0.2, 0.25) is 0 Å². The standard InChI is InChI=1S/C9H12FNO3S2/c1-14-7-3-2-4-8(15-6-5-10)9(7)16(11,12)13/h2-4H,5-6H2,1H3,(H2,11,12,13). The molecule has 0 unspecified atom stereocenters. The Balaban J connectivity index is 3.27. The van der Waals surface area contributed by atoms with E-state index in [0.717, 1.165) is 11.8 Å². The van der Waals surface area contributed by atoms with Gasteiger partial charge in [0.1, 0.15) is 10.6 Å². The maximum atomic E-state index is 12.1. The largest absolute Gasteiger partial charge is 0.495 e. The second-order valence-corrected chi connectivity index (χ2v) is 5.51. The Hall–Kier alpha value is -0.790. The highest BCUT2D eigenvalue weighted by molar-refractivity contribution is 8.00. The molecule has 0 amide bonds. The zero-order valence-electron chi connectivity index (χ0n) is 8.64. The van der Waals surface area contributed by atoms with Crippen LogP contribution in [0.1, 0.15) is 0 Å². The van der Waals surface area contributed by atoms with Crippen LogP contribution in [-0.2, 0) is 10.0 Å². The van der Waals surface area contributed by atoms with Gasteiger partial charge in [0.2, 0.25) is 10.0 Å². The van der Waals surface area contributed by atoms with Crippen molar-refractivity contribution < 1.29 is 17.5 Å². The smallest absolute Gasteiger partial charge is 0.242 e. The fourth-order valence-electron chi connectivity index (χ4n) is 1.20. The Morgan fingerprint density at radius 2 is 2.19 bits per heavy atom. The number of nitrogens with two attached hydrogens (primary N) is 1. The number of halogens is 1. The molecule has 0 aromatic heterocycles. The van der Waals surface area contributed by atoms with Gasteiger partial charge in [-0.1, -0.05) is 6.07 Å². The monoisotopic (exact) mass is 265 g/mol. The zero-order chi connectivity index (χ0) is 12.2. The van der Waals surface area contributed by atoms with Crippen LogP contribution in [0.15, 0.2) is 28.0 Å². The average Bonchev–Trinajstić information content (AvgIpc) is 2.24. The molecule has 0 atom stereocenters. The first kappa shape index (κ1) is 13.3. The molecule has 0 aliphatic carbocycles. The highest BCUT2D eigenvalue weighted by atomic mass is 32.2. The van der Waals surface area contributed by atoms with E-state index in [2.05, 4.69) is 0 Å². The minimum absolute atomic E-state index is 0.0871. The molecule has 1 rings (SSSR count). The first-order valence-electron chi connectivity index (χ1n) is 4.39. The lowest BCUT2D eigenvalue weighted by Crippen LogP contribution is -2.14. The SMILES string of the molecule is COc1cccc(SCCF)c1S(N)(=O)=O. The predicted octanol–water partition coefficient (Wildman–Crippen LogP) is 1.40. The summed E-state index contributed by atoms with van der Waals surface area (Å²) in [6.07, 6.45) is 0. The van der Waals surface area contributed by atoms with E-state index in [0.29, 0.717) is 4.90 Å². The number of benzene rings is 1. The molecular weight excluding hydrogens is 253 g/mol. The summed E-state index contributed by atoms with van der Waals surface area (Å²) in [4.78, 5) is 0.315. The van der Waals surface area contributed by atoms with Gasteiger partial charge in [-0.05, 0) is 12.1 Å². The van der Waals surface area contributed by atoms with Gasteiger partial charge in [-0.15, -0.1) is 11.8 Å². The van der Waals surface area contributed by atoms with Crippen LogP contribution in [0.5, 0.6) is 5.75 Å². The van der Waals surface area contributed by atoms with Crippen molar-refractivity contribution in [2.24, 2.45) is 5.14 Å². The highest BCUT2D eigenvalue weighted by Crippen LogP contribution is 2.33. The molecule has 7 heteroatoms. The fourth-order valence-corrected chi connectivity index (χ4v) is 3.21. The van der Waals surface area contributed by atoms with E-state index in [9.17, 15) is 12.8 Å². The number of thioether (sulfide) groups is 1. The number of ether oxygens (including phenoxy) is 1. The number of alkyl halides is 1. The average molecular weight is 265 g/mol. The molecule has 0 aliphatic rings. The molecule has 4 nitrogen and oxygen atoms in total. The summed E-state index contributed by atoms with van der Waals surface area (Å²) in [5.41, 5.74) is 0. The van der Waals surface area contributed by atoms with Gasteiger partial charge in [-0.3, -0.25) is 4.39 Å². The molecule has 0 radical (unpaired) electrons. The molecule has 0 spiro atoms. The summed E-state index contributed by atoms with van der Waals surface area (Å²) < 4.78 is 39.8. The van der Waals surface area contributed by atoms with E-state index < -0.39 is 16.7 Å². The van der Waals surface area contributed by atoms with Gasteiger partial charge in [0, 0.05) is 10.6 Å². The van der Waals surface area contributed by atoms with Crippen LogP contribution in [0.4, 0.5) is 4.39 Å². The van der Waals surface area contributed by atoms with Crippen LogP contribution in [0.25, 0.3) is 0 Å². The molecule has 90 valence electrons. The van der Waals surface area contributed by atoms with Crippen molar-refractivity contribution in [1.82, 2.24) is 0 Å². The summed E-state index contributed by atoms with van der Waals surface area (Å²) in [7, 11) is -2.52. The van der Waals surface area contributed by atoms with E-state index >= 15 is 0 Å². The molecule has 1 aromatic rings. The van der Waals surface area contributed by atoms with E-state index in [-0.39, 0.29) is 16.4 Å². The Morgan fingerprint density at radius 1 is 1.50 bits per heavy atom. The zero-order valence-corrected chi connectivity index (χ0v) is 10.3. The maximum Gasteiger partial charge on any atom is 0.242 e. The molecule has 0 fully saturated rings. The number of sulfonamides is 1. The Kier molecular flexibility index (Phi) is 4.57. The number of hydrogen-bond donors (Lipinski definition) is 1. The molecule has 0 saturated carbocycles. The van der Waals surface area contributed by atoms with Crippen molar-refractivity contribution in [3.8, 4) is 5.75 Å². The third-order valence-electron chi connectivity index (χ3n) is 1.78. The van der Waals surface area contributed by atoms with E-state index in [4.69, 9.17) is 9.88 Å². The predicted molar refractivity (Wildman–Crippen MR) is 61.1 cm³/mol. The molecule has 0 heterocycles. The minimum Gasteiger partial charge on any atom is -0.495 e. The molecular formula is C9H12FNO3S2. The first-order chi connectivity index (χ1) is 7.50. The lowest BCUT2D eigenvalue weighted by molar-refractivity contribution is 0.400. The van der Waals surface area contributed by atoms with Gasteiger partial charge in [0.05, 0.1) is 13.8 Å². The van der Waals surface area contributed by atoms with Crippen LogP contribution >= 0.6 is 11.8 Å². The van der Waals surface area contributed by atoms with Crippen molar-refractivity contribution in [2.75, 3.05) is 19.5 Å². The molecule has 0 saturated heterocycles. The third-order valence-corrected chi connectivity index (χ3v) is 3.91. The molecule has 0 bridgehead atoms. The van der Waals surface area contributed by atoms with E-state index in [1.54, 1.807) is 12.1 Å².